The number of para-hydroxylation sites is 1. The second-order valence-corrected chi connectivity index (χ2v) is 4.40. The first kappa shape index (κ1) is 12.9. The van der Waals surface area contributed by atoms with Crippen LogP contribution >= 0.6 is 11.6 Å². The SMILES string of the molecule is COc1ccccc1C(Cl)(OC)c1ccccc1. The van der Waals surface area contributed by atoms with E-state index in [1.165, 1.54) is 0 Å². The zero-order valence-electron chi connectivity index (χ0n) is 10.4. The van der Waals surface area contributed by atoms with Gasteiger partial charge in [-0.3, -0.25) is 0 Å². The molecule has 0 saturated carbocycles. The summed E-state index contributed by atoms with van der Waals surface area (Å²) in [5, 5.41) is -1.03. The minimum absolute atomic E-state index is 0.707. The van der Waals surface area contributed by atoms with Crippen LogP contribution in [0, 0.1) is 0 Å². The number of alkyl halides is 1. The van der Waals surface area contributed by atoms with E-state index in [1.807, 2.05) is 54.6 Å². The molecular formula is C15H15ClO2. The van der Waals surface area contributed by atoms with Gasteiger partial charge in [-0.25, -0.2) is 0 Å². The van der Waals surface area contributed by atoms with Gasteiger partial charge >= 0.3 is 0 Å². The second-order valence-electron chi connectivity index (χ2n) is 3.87. The van der Waals surface area contributed by atoms with Crippen molar-refractivity contribution in [2.24, 2.45) is 0 Å². The number of hydrogen-bond acceptors (Lipinski definition) is 2. The number of halogens is 1. The van der Waals surface area contributed by atoms with Crippen LogP contribution in [0.1, 0.15) is 11.1 Å². The molecule has 0 amide bonds. The van der Waals surface area contributed by atoms with E-state index in [0.29, 0.717) is 5.75 Å². The molecule has 2 aromatic rings. The molecule has 0 heterocycles. The molecular weight excluding hydrogens is 248 g/mol. The number of ether oxygens (including phenoxy) is 2. The molecule has 1 atom stereocenters. The Balaban J connectivity index is 2.57. The first-order chi connectivity index (χ1) is 8.72. The van der Waals surface area contributed by atoms with E-state index in [9.17, 15) is 0 Å². The Bertz CT molecular complexity index is 513. The lowest BCUT2D eigenvalue weighted by Crippen LogP contribution is -2.23. The second kappa shape index (κ2) is 5.42. The topological polar surface area (TPSA) is 18.5 Å². The Labute approximate surface area is 112 Å². The maximum absolute atomic E-state index is 6.66. The molecule has 2 aromatic carbocycles. The third kappa shape index (κ3) is 2.22. The van der Waals surface area contributed by atoms with E-state index in [-0.39, 0.29) is 0 Å². The minimum atomic E-state index is -1.03. The molecule has 2 nitrogen and oxygen atoms in total. The van der Waals surface area contributed by atoms with Crippen LogP contribution in [0.4, 0.5) is 0 Å². The van der Waals surface area contributed by atoms with Crippen LogP contribution in [0.15, 0.2) is 54.6 Å². The summed E-state index contributed by atoms with van der Waals surface area (Å²) in [6.45, 7) is 0. The van der Waals surface area contributed by atoms with Gasteiger partial charge < -0.3 is 9.47 Å². The van der Waals surface area contributed by atoms with Crippen LogP contribution in [-0.2, 0) is 9.80 Å². The van der Waals surface area contributed by atoms with Crippen LogP contribution in [-0.4, -0.2) is 14.2 Å². The van der Waals surface area contributed by atoms with Crippen molar-refractivity contribution in [1.82, 2.24) is 0 Å². The summed E-state index contributed by atoms with van der Waals surface area (Å²) in [5.41, 5.74) is 1.67. The van der Waals surface area contributed by atoms with E-state index in [2.05, 4.69) is 0 Å². The largest absolute Gasteiger partial charge is 0.496 e. The van der Waals surface area contributed by atoms with Gasteiger partial charge in [-0.15, -0.1) is 0 Å². The first-order valence-electron chi connectivity index (χ1n) is 5.65. The molecule has 0 saturated heterocycles. The maximum Gasteiger partial charge on any atom is 0.196 e. The smallest absolute Gasteiger partial charge is 0.196 e. The van der Waals surface area contributed by atoms with Crippen molar-refractivity contribution >= 4 is 11.6 Å². The van der Waals surface area contributed by atoms with Crippen LogP contribution in [0.5, 0.6) is 5.75 Å². The summed E-state index contributed by atoms with van der Waals surface area (Å²) in [7, 11) is 3.21. The van der Waals surface area contributed by atoms with E-state index in [0.717, 1.165) is 11.1 Å². The fraction of sp³-hybridized carbons (Fsp3) is 0.200. The Morgan fingerprint density at radius 2 is 1.50 bits per heavy atom. The van der Waals surface area contributed by atoms with Crippen LogP contribution in [0.3, 0.4) is 0 Å². The molecule has 0 aliphatic rings. The number of methoxy groups -OCH3 is 2. The van der Waals surface area contributed by atoms with Gasteiger partial charge in [-0.05, 0) is 6.07 Å². The summed E-state index contributed by atoms with van der Waals surface area (Å²) in [6, 6.07) is 17.3. The van der Waals surface area contributed by atoms with E-state index in [4.69, 9.17) is 21.1 Å². The molecule has 3 heteroatoms. The van der Waals surface area contributed by atoms with Gasteiger partial charge in [0.2, 0.25) is 0 Å². The van der Waals surface area contributed by atoms with Crippen molar-refractivity contribution in [1.29, 1.82) is 0 Å². The average Bonchev–Trinajstić information content (AvgIpc) is 2.47. The van der Waals surface area contributed by atoms with Crippen LogP contribution in [0.25, 0.3) is 0 Å². The molecule has 0 bridgehead atoms. The lowest BCUT2D eigenvalue weighted by Gasteiger charge is -2.28. The summed E-state index contributed by atoms with van der Waals surface area (Å²) in [4.78, 5) is 0. The molecule has 94 valence electrons. The van der Waals surface area contributed by atoms with Gasteiger partial charge in [0.25, 0.3) is 0 Å². The monoisotopic (exact) mass is 262 g/mol. The molecule has 0 fully saturated rings. The zero-order chi connectivity index (χ0) is 13.0. The van der Waals surface area contributed by atoms with Crippen molar-refractivity contribution in [2.45, 2.75) is 5.06 Å². The molecule has 0 aliphatic carbocycles. The minimum Gasteiger partial charge on any atom is -0.496 e. The highest BCUT2D eigenvalue weighted by atomic mass is 35.5. The predicted octanol–water partition coefficient (Wildman–Crippen LogP) is 3.78. The zero-order valence-corrected chi connectivity index (χ0v) is 11.1. The average molecular weight is 263 g/mol. The van der Waals surface area contributed by atoms with Crippen molar-refractivity contribution in [3.8, 4) is 5.75 Å². The highest BCUT2D eigenvalue weighted by Crippen LogP contribution is 2.41. The fourth-order valence-corrected chi connectivity index (χ4v) is 2.23. The lowest BCUT2D eigenvalue weighted by molar-refractivity contribution is 0.0945. The molecule has 18 heavy (non-hydrogen) atoms. The molecule has 0 spiro atoms. The Morgan fingerprint density at radius 1 is 0.889 bits per heavy atom. The molecule has 0 aromatic heterocycles. The summed E-state index contributed by atoms with van der Waals surface area (Å²) in [6.07, 6.45) is 0. The number of hydrogen-bond donors (Lipinski definition) is 0. The number of rotatable bonds is 4. The third-order valence-electron chi connectivity index (χ3n) is 2.88. The van der Waals surface area contributed by atoms with Gasteiger partial charge in [0.1, 0.15) is 5.75 Å². The Morgan fingerprint density at radius 3 is 2.11 bits per heavy atom. The molecule has 0 radical (unpaired) electrons. The standard InChI is InChI=1S/C15H15ClO2/c1-17-14-11-7-6-10-13(14)15(16,18-2)12-8-4-3-5-9-12/h3-11H,1-2H3. The van der Waals surface area contributed by atoms with Crippen molar-refractivity contribution < 1.29 is 9.47 Å². The molecule has 1 unspecified atom stereocenters. The van der Waals surface area contributed by atoms with E-state index in [1.54, 1.807) is 14.2 Å². The quantitative estimate of drug-likeness (QED) is 0.781. The van der Waals surface area contributed by atoms with Gasteiger partial charge in [-0.1, -0.05) is 60.1 Å². The van der Waals surface area contributed by atoms with E-state index < -0.39 is 5.06 Å². The maximum atomic E-state index is 6.66. The Kier molecular flexibility index (Phi) is 3.90. The van der Waals surface area contributed by atoms with E-state index >= 15 is 0 Å². The summed E-state index contributed by atoms with van der Waals surface area (Å²) < 4.78 is 10.9. The predicted molar refractivity (Wildman–Crippen MR) is 73.1 cm³/mol. The van der Waals surface area contributed by atoms with Gasteiger partial charge in [-0.2, -0.15) is 0 Å². The highest BCUT2D eigenvalue weighted by Gasteiger charge is 2.34. The van der Waals surface area contributed by atoms with Gasteiger partial charge in [0.05, 0.1) is 7.11 Å². The third-order valence-corrected chi connectivity index (χ3v) is 3.46. The summed E-state index contributed by atoms with van der Waals surface area (Å²) in [5.74, 6) is 0.707. The lowest BCUT2D eigenvalue weighted by atomic mass is 10.00. The van der Waals surface area contributed by atoms with Crippen LogP contribution in [0.2, 0.25) is 0 Å². The first-order valence-corrected chi connectivity index (χ1v) is 6.03. The van der Waals surface area contributed by atoms with Crippen LogP contribution < -0.4 is 4.74 Å². The molecule has 0 aliphatic heterocycles. The van der Waals surface area contributed by atoms with Crippen molar-refractivity contribution in [2.75, 3.05) is 14.2 Å². The highest BCUT2D eigenvalue weighted by molar-refractivity contribution is 6.25. The fourth-order valence-electron chi connectivity index (χ4n) is 1.95. The Hall–Kier alpha value is -1.51. The molecule has 2 rings (SSSR count). The van der Waals surface area contributed by atoms with Crippen molar-refractivity contribution in [3.63, 3.8) is 0 Å². The van der Waals surface area contributed by atoms with Crippen molar-refractivity contribution in [3.05, 3.63) is 65.7 Å². The van der Waals surface area contributed by atoms with Gasteiger partial charge in [0, 0.05) is 18.2 Å². The molecule has 0 N–H and O–H groups in total. The summed E-state index contributed by atoms with van der Waals surface area (Å²) >= 11 is 6.66. The van der Waals surface area contributed by atoms with Gasteiger partial charge in [0.15, 0.2) is 5.06 Å². The normalized spacial score (nSPS) is 13.9. The number of benzene rings is 2.